The molecule has 1 rings (SSSR count). The van der Waals surface area contributed by atoms with Gasteiger partial charge in [-0.15, -0.1) is 0 Å². The van der Waals surface area contributed by atoms with Crippen molar-refractivity contribution in [2.75, 3.05) is 13.7 Å². The molecule has 2 atom stereocenters. The molecule has 4 heteroatoms. The Morgan fingerprint density at radius 2 is 1.95 bits per heavy atom. The molecular weight excluding hydrogens is 242 g/mol. The van der Waals surface area contributed by atoms with E-state index in [4.69, 9.17) is 9.84 Å². The number of benzene rings is 1. The summed E-state index contributed by atoms with van der Waals surface area (Å²) in [5, 5.41) is 22.5. The van der Waals surface area contributed by atoms with Gasteiger partial charge < -0.3 is 20.3 Å². The Bertz CT molecular complexity index is 393. The van der Waals surface area contributed by atoms with Crippen LogP contribution in [0, 0.1) is 5.92 Å². The van der Waals surface area contributed by atoms with Crippen molar-refractivity contribution in [3.63, 3.8) is 0 Å². The molecule has 0 aliphatic carbocycles. The van der Waals surface area contributed by atoms with Gasteiger partial charge in [0, 0.05) is 30.3 Å². The van der Waals surface area contributed by atoms with Crippen molar-refractivity contribution >= 4 is 0 Å². The normalized spacial score (nSPS) is 14.4. The second-order valence-corrected chi connectivity index (χ2v) is 5.18. The van der Waals surface area contributed by atoms with E-state index in [0.717, 1.165) is 5.56 Å². The van der Waals surface area contributed by atoms with Crippen LogP contribution >= 0.6 is 0 Å². The van der Waals surface area contributed by atoms with Crippen LogP contribution in [-0.2, 0) is 0 Å². The van der Waals surface area contributed by atoms with E-state index in [0.29, 0.717) is 18.1 Å². The topological polar surface area (TPSA) is 61.7 Å². The molecule has 0 radical (unpaired) electrons. The number of hydrogen-bond donors (Lipinski definition) is 3. The third-order valence-corrected chi connectivity index (χ3v) is 3.41. The minimum atomic E-state index is 0.0184. The molecule has 0 saturated carbocycles. The molecule has 1 aromatic rings. The van der Waals surface area contributed by atoms with E-state index in [9.17, 15) is 5.11 Å². The van der Waals surface area contributed by atoms with Crippen LogP contribution in [0.5, 0.6) is 11.5 Å². The lowest BCUT2D eigenvalue weighted by molar-refractivity contribution is 0.236. The highest BCUT2D eigenvalue weighted by molar-refractivity contribution is 5.41. The Morgan fingerprint density at radius 3 is 2.42 bits per heavy atom. The van der Waals surface area contributed by atoms with Crippen LogP contribution in [0.25, 0.3) is 0 Å². The average molecular weight is 267 g/mol. The number of aliphatic hydroxyl groups excluding tert-OH is 1. The molecule has 108 valence electrons. The zero-order chi connectivity index (χ0) is 14.4. The van der Waals surface area contributed by atoms with Crippen molar-refractivity contribution in [3.8, 4) is 11.5 Å². The fraction of sp³-hybridized carbons (Fsp3) is 0.600. The van der Waals surface area contributed by atoms with Gasteiger partial charge in [-0.25, -0.2) is 0 Å². The molecular formula is C15H25NO3. The van der Waals surface area contributed by atoms with Gasteiger partial charge in [0.05, 0.1) is 7.11 Å². The lowest BCUT2D eigenvalue weighted by atomic mass is 9.98. The van der Waals surface area contributed by atoms with Crippen molar-refractivity contribution in [1.29, 1.82) is 0 Å². The maximum atomic E-state index is 10.0. The monoisotopic (exact) mass is 267 g/mol. The van der Waals surface area contributed by atoms with Gasteiger partial charge in [-0.2, -0.15) is 0 Å². The van der Waals surface area contributed by atoms with Gasteiger partial charge >= 0.3 is 0 Å². The molecule has 0 fully saturated rings. The predicted octanol–water partition coefficient (Wildman–Crippen LogP) is 2.46. The Balaban J connectivity index is 2.79. The van der Waals surface area contributed by atoms with Gasteiger partial charge in [-0.3, -0.25) is 0 Å². The number of hydrogen-bond acceptors (Lipinski definition) is 4. The number of phenolic OH excluding ortho intramolecular Hbond substituents is 1. The quantitative estimate of drug-likeness (QED) is 0.710. The Morgan fingerprint density at radius 1 is 1.26 bits per heavy atom. The summed E-state index contributed by atoms with van der Waals surface area (Å²) >= 11 is 0. The molecule has 0 spiro atoms. The fourth-order valence-corrected chi connectivity index (χ4v) is 2.18. The summed E-state index contributed by atoms with van der Waals surface area (Å²) in [5.41, 5.74) is 0.837. The molecule has 0 aromatic heterocycles. The SMILES string of the molecule is COc1ccc(C(C)NC(CCO)C(C)C)c(O)c1. The first kappa shape index (κ1) is 15.8. The Labute approximate surface area is 115 Å². The van der Waals surface area contributed by atoms with Gasteiger partial charge in [-0.05, 0) is 25.3 Å². The van der Waals surface area contributed by atoms with Crippen molar-refractivity contribution in [2.24, 2.45) is 5.92 Å². The van der Waals surface area contributed by atoms with E-state index in [1.54, 1.807) is 13.2 Å². The molecule has 0 amide bonds. The summed E-state index contributed by atoms with van der Waals surface area (Å²) in [6.45, 7) is 6.41. The number of ether oxygens (including phenoxy) is 1. The van der Waals surface area contributed by atoms with E-state index < -0.39 is 0 Å². The summed E-state index contributed by atoms with van der Waals surface area (Å²) < 4.78 is 5.07. The van der Waals surface area contributed by atoms with E-state index in [1.807, 2.05) is 19.1 Å². The highest BCUT2D eigenvalue weighted by atomic mass is 16.5. The van der Waals surface area contributed by atoms with Crippen LogP contribution in [0.2, 0.25) is 0 Å². The van der Waals surface area contributed by atoms with E-state index in [2.05, 4.69) is 19.2 Å². The largest absolute Gasteiger partial charge is 0.507 e. The summed E-state index contributed by atoms with van der Waals surface area (Å²) in [5.74, 6) is 1.30. The molecule has 0 bridgehead atoms. The Hall–Kier alpha value is -1.26. The van der Waals surface area contributed by atoms with Gasteiger partial charge in [0.15, 0.2) is 0 Å². The van der Waals surface area contributed by atoms with Crippen LogP contribution in [0.15, 0.2) is 18.2 Å². The molecule has 1 aromatic carbocycles. The first-order valence-corrected chi connectivity index (χ1v) is 6.73. The molecule has 0 heterocycles. The minimum absolute atomic E-state index is 0.0184. The van der Waals surface area contributed by atoms with Crippen molar-refractivity contribution in [1.82, 2.24) is 5.32 Å². The summed E-state index contributed by atoms with van der Waals surface area (Å²) in [6.07, 6.45) is 0.707. The first-order chi connectivity index (χ1) is 8.99. The van der Waals surface area contributed by atoms with Crippen molar-refractivity contribution in [3.05, 3.63) is 23.8 Å². The smallest absolute Gasteiger partial charge is 0.124 e. The zero-order valence-corrected chi connectivity index (χ0v) is 12.2. The lowest BCUT2D eigenvalue weighted by Crippen LogP contribution is -2.36. The van der Waals surface area contributed by atoms with Crippen LogP contribution in [-0.4, -0.2) is 30.0 Å². The van der Waals surface area contributed by atoms with Crippen LogP contribution in [0.4, 0.5) is 0 Å². The van der Waals surface area contributed by atoms with Gasteiger partial charge in [0.2, 0.25) is 0 Å². The number of rotatable bonds is 7. The first-order valence-electron chi connectivity index (χ1n) is 6.73. The van der Waals surface area contributed by atoms with Crippen molar-refractivity contribution < 1.29 is 14.9 Å². The summed E-state index contributed by atoms with van der Waals surface area (Å²) in [7, 11) is 1.58. The highest BCUT2D eigenvalue weighted by Gasteiger charge is 2.18. The van der Waals surface area contributed by atoms with Crippen LogP contribution in [0.1, 0.15) is 38.8 Å². The second kappa shape index (κ2) is 7.36. The molecule has 2 unspecified atom stereocenters. The predicted molar refractivity (Wildman–Crippen MR) is 76.5 cm³/mol. The van der Waals surface area contributed by atoms with Gasteiger partial charge in [-0.1, -0.05) is 19.9 Å². The number of aliphatic hydroxyl groups is 1. The molecule has 0 saturated heterocycles. The molecule has 0 aliphatic rings. The van der Waals surface area contributed by atoms with Gasteiger partial charge in [0.25, 0.3) is 0 Å². The Kier molecular flexibility index (Phi) is 6.12. The number of aromatic hydroxyl groups is 1. The fourth-order valence-electron chi connectivity index (χ4n) is 2.18. The van der Waals surface area contributed by atoms with Crippen molar-refractivity contribution in [2.45, 2.75) is 39.3 Å². The van der Waals surface area contributed by atoms with E-state index >= 15 is 0 Å². The summed E-state index contributed by atoms with van der Waals surface area (Å²) in [4.78, 5) is 0. The lowest BCUT2D eigenvalue weighted by Gasteiger charge is -2.26. The third-order valence-electron chi connectivity index (χ3n) is 3.41. The van der Waals surface area contributed by atoms with E-state index in [1.165, 1.54) is 0 Å². The highest BCUT2D eigenvalue weighted by Crippen LogP contribution is 2.29. The maximum absolute atomic E-state index is 10.0. The molecule has 0 aliphatic heterocycles. The van der Waals surface area contributed by atoms with Crippen LogP contribution < -0.4 is 10.1 Å². The standard InChI is InChI=1S/C15H25NO3/c1-10(2)14(7-8-17)16-11(3)13-6-5-12(19-4)9-15(13)18/h5-6,9-11,14,16-18H,7-8H2,1-4H3. The molecule has 19 heavy (non-hydrogen) atoms. The van der Waals surface area contributed by atoms with E-state index in [-0.39, 0.29) is 24.4 Å². The minimum Gasteiger partial charge on any atom is -0.507 e. The van der Waals surface area contributed by atoms with Gasteiger partial charge in [0.1, 0.15) is 11.5 Å². The molecule has 4 nitrogen and oxygen atoms in total. The zero-order valence-electron chi connectivity index (χ0n) is 12.2. The summed E-state index contributed by atoms with van der Waals surface area (Å²) in [6, 6.07) is 5.56. The van der Waals surface area contributed by atoms with Crippen LogP contribution in [0.3, 0.4) is 0 Å². The number of phenols is 1. The number of nitrogens with one attached hydrogen (secondary N) is 1. The molecule has 3 N–H and O–H groups in total. The second-order valence-electron chi connectivity index (χ2n) is 5.18. The maximum Gasteiger partial charge on any atom is 0.124 e. The third kappa shape index (κ3) is 4.40. The average Bonchev–Trinajstić information content (AvgIpc) is 2.37. The number of methoxy groups -OCH3 is 1.